The molecule has 1 atom stereocenters. The van der Waals surface area contributed by atoms with E-state index in [-0.39, 0.29) is 18.2 Å². The summed E-state index contributed by atoms with van der Waals surface area (Å²) in [5.74, 6) is -0.332. The third-order valence-corrected chi connectivity index (χ3v) is 7.36. The van der Waals surface area contributed by atoms with Gasteiger partial charge in [-0.05, 0) is 64.5 Å². The third kappa shape index (κ3) is 12.5. The van der Waals surface area contributed by atoms with Crippen LogP contribution in [0.3, 0.4) is 0 Å². The Kier molecular flexibility index (Phi) is 14.3. The zero-order chi connectivity index (χ0) is 27.8. The molecule has 204 valence electrons. The molecule has 38 heavy (non-hydrogen) atoms. The standard InChI is InChI=1S/C33H43NO3S/c1-25(2)13-11-14-26(3)15-12-16-27(4)21-22-38-24-31(33(36)37)34-32(35)23-30(28-17-7-5-8-18-28)29-19-9-6-10-20-29/h5-10,13,15,17-21,30-31H,11-12,14,16,22-24H2,1-4H3,(H,34,35)(H,36,37)/b26-15+,27-21+/t31-/m0/s1. The number of benzene rings is 2. The van der Waals surface area contributed by atoms with E-state index < -0.39 is 12.0 Å². The zero-order valence-electron chi connectivity index (χ0n) is 23.3. The number of nitrogens with one attached hydrogen (secondary N) is 1. The van der Waals surface area contributed by atoms with E-state index in [0.717, 1.165) is 42.6 Å². The molecule has 0 radical (unpaired) electrons. The first-order chi connectivity index (χ1) is 18.3. The van der Waals surface area contributed by atoms with Crippen LogP contribution >= 0.6 is 11.8 Å². The van der Waals surface area contributed by atoms with E-state index in [1.165, 1.54) is 28.5 Å². The van der Waals surface area contributed by atoms with Crippen molar-refractivity contribution in [2.45, 2.75) is 71.8 Å². The molecule has 0 aliphatic heterocycles. The number of hydrogen-bond acceptors (Lipinski definition) is 3. The maximum atomic E-state index is 12.9. The summed E-state index contributed by atoms with van der Waals surface area (Å²) in [6.45, 7) is 8.57. The summed E-state index contributed by atoms with van der Waals surface area (Å²) in [6, 6.07) is 18.8. The monoisotopic (exact) mass is 533 g/mol. The molecule has 0 heterocycles. The van der Waals surface area contributed by atoms with E-state index >= 15 is 0 Å². The van der Waals surface area contributed by atoms with Gasteiger partial charge in [-0.1, -0.05) is 95.6 Å². The number of allylic oxidation sites excluding steroid dienone is 5. The first-order valence-electron chi connectivity index (χ1n) is 13.4. The molecule has 2 rings (SSSR count). The Balaban J connectivity index is 1.83. The molecule has 0 bridgehead atoms. The summed E-state index contributed by atoms with van der Waals surface area (Å²) in [4.78, 5) is 24.8. The number of carbonyl (C=O) groups is 2. The van der Waals surface area contributed by atoms with Crippen molar-refractivity contribution in [3.63, 3.8) is 0 Å². The smallest absolute Gasteiger partial charge is 0.327 e. The molecule has 5 heteroatoms. The first kappa shape index (κ1) is 31.2. The highest BCUT2D eigenvalue weighted by atomic mass is 32.2. The molecule has 0 saturated heterocycles. The number of aliphatic carboxylic acids is 1. The maximum Gasteiger partial charge on any atom is 0.327 e. The third-order valence-electron chi connectivity index (χ3n) is 6.38. The number of rotatable bonds is 16. The van der Waals surface area contributed by atoms with Crippen LogP contribution < -0.4 is 5.32 Å². The fraction of sp³-hybridized carbons (Fsp3) is 0.394. The topological polar surface area (TPSA) is 66.4 Å². The van der Waals surface area contributed by atoms with Crippen molar-refractivity contribution in [1.82, 2.24) is 5.32 Å². The van der Waals surface area contributed by atoms with Crippen LogP contribution in [0, 0.1) is 0 Å². The number of carboxylic acid groups (broad SMARTS) is 1. The molecule has 0 spiro atoms. The fourth-order valence-electron chi connectivity index (χ4n) is 4.14. The number of thioether (sulfide) groups is 1. The first-order valence-corrected chi connectivity index (χ1v) is 14.6. The molecule has 0 fully saturated rings. The molecule has 1 amide bonds. The van der Waals surface area contributed by atoms with Gasteiger partial charge in [0.2, 0.25) is 5.91 Å². The van der Waals surface area contributed by atoms with Gasteiger partial charge < -0.3 is 10.4 Å². The van der Waals surface area contributed by atoms with E-state index in [1.54, 1.807) is 0 Å². The second-order valence-corrected chi connectivity index (χ2v) is 11.1. The van der Waals surface area contributed by atoms with Crippen molar-refractivity contribution in [3.8, 4) is 0 Å². The summed E-state index contributed by atoms with van der Waals surface area (Å²) in [7, 11) is 0. The van der Waals surface area contributed by atoms with E-state index in [9.17, 15) is 14.7 Å². The minimum atomic E-state index is -1.00. The molecule has 2 aromatic carbocycles. The Morgan fingerprint density at radius 3 is 1.87 bits per heavy atom. The van der Waals surface area contributed by atoms with Gasteiger partial charge in [-0.15, -0.1) is 0 Å². The molecule has 2 aromatic rings. The van der Waals surface area contributed by atoms with Crippen LogP contribution in [-0.4, -0.2) is 34.5 Å². The van der Waals surface area contributed by atoms with Crippen LogP contribution in [0.5, 0.6) is 0 Å². The highest BCUT2D eigenvalue weighted by molar-refractivity contribution is 7.99. The second kappa shape index (κ2) is 17.5. The Hall–Kier alpha value is -3.05. The van der Waals surface area contributed by atoms with E-state index in [2.05, 4.69) is 51.2 Å². The van der Waals surface area contributed by atoms with Crippen LogP contribution in [0.25, 0.3) is 0 Å². The lowest BCUT2D eigenvalue weighted by atomic mass is 9.88. The van der Waals surface area contributed by atoms with Gasteiger partial charge in [0, 0.05) is 23.8 Å². The van der Waals surface area contributed by atoms with Crippen molar-refractivity contribution in [2.24, 2.45) is 0 Å². The molecule has 0 aliphatic rings. The van der Waals surface area contributed by atoms with Crippen molar-refractivity contribution >= 4 is 23.6 Å². The van der Waals surface area contributed by atoms with Crippen molar-refractivity contribution in [1.29, 1.82) is 0 Å². The Morgan fingerprint density at radius 1 is 0.816 bits per heavy atom. The Bertz CT molecular complexity index is 1050. The average molecular weight is 534 g/mol. The highest BCUT2D eigenvalue weighted by Crippen LogP contribution is 2.28. The molecule has 0 unspecified atom stereocenters. The summed E-state index contributed by atoms with van der Waals surface area (Å²) in [5, 5.41) is 12.5. The van der Waals surface area contributed by atoms with Crippen LogP contribution in [0.4, 0.5) is 0 Å². The number of hydrogen-bond donors (Lipinski definition) is 2. The fourth-order valence-corrected chi connectivity index (χ4v) is 5.14. The molecule has 4 nitrogen and oxygen atoms in total. The zero-order valence-corrected chi connectivity index (χ0v) is 24.1. The summed E-state index contributed by atoms with van der Waals surface area (Å²) >= 11 is 1.53. The van der Waals surface area contributed by atoms with Crippen LogP contribution in [-0.2, 0) is 9.59 Å². The predicted octanol–water partition coefficient (Wildman–Crippen LogP) is 7.93. The van der Waals surface area contributed by atoms with Gasteiger partial charge in [0.15, 0.2) is 0 Å². The normalized spacial score (nSPS) is 12.8. The Labute approximate surface area is 233 Å². The summed E-state index contributed by atoms with van der Waals surface area (Å²) in [5.41, 5.74) is 6.16. The van der Waals surface area contributed by atoms with E-state index in [0.29, 0.717) is 5.75 Å². The number of carbonyl (C=O) groups excluding carboxylic acids is 1. The summed E-state index contributed by atoms with van der Waals surface area (Å²) < 4.78 is 0. The summed E-state index contributed by atoms with van der Waals surface area (Å²) in [6.07, 6.45) is 11.2. The van der Waals surface area contributed by atoms with Gasteiger partial charge in [-0.25, -0.2) is 4.79 Å². The predicted molar refractivity (Wildman–Crippen MR) is 162 cm³/mol. The van der Waals surface area contributed by atoms with Gasteiger partial charge in [0.05, 0.1) is 0 Å². The SMILES string of the molecule is CC(C)=CCC/C(C)=C/CC/C(C)=C/CSC[C@H](NC(=O)CC(c1ccccc1)c1ccccc1)C(=O)O. The molecular weight excluding hydrogens is 490 g/mol. The van der Waals surface area contributed by atoms with E-state index in [1.807, 2.05) is 60.7 Å². The molecule has 0 aromatic heterocycles. The lowest BCUT2D eigenvalue weighted by Crippen LogP contribution is -2.43. The van der Waals surface area contributed by atoms with E-state index in [4.69, 9.17) is 0 Å². The molecule has 2 N–H and O–H groups in total. The molecule has 0 saturated carbocycles. The van der Waals surface area contributed by atoms with Crippen LogP contribution in [0.15, 0.2) is 95.6 Å². The highest BCUT2D eigenvalue weighted by Gasteiger charge is 2.23. The van der Waals surface area contributed by atoms with Gasteiger partial charge in [0.1, 0.15) is 6.04 Å². The van der Waals surface area contributed by atoms with Crippen LogP contribution in [0.2, 0.25) is 0 Å². The van der Waals surface area contributed by atoms with Gasteiger partial charge >= 0.3 is 5.97 Å². The average Bonchev–Trinajstić information content (AvgIpc) is 2.89. The number of amides is 1. The van der Waals surface area contributed by atoms with Crippen molar-refractivity contribution in [3.05, 3.63) is 107 Å². The lowest BCUT2D eigenvalue weighted by Gasteiger charge is -2.20. The van der Waals surface area contributed by atoms with Gasteiger partial charge in [0.25, 0.3) is 0 Å². The minimum Gasteiger partial charge on any atom is -0.480 e. The van der Waals surface area contributed by atoms with Crippen molar-refractivity contribution in [2.75, 3.05) is 11.5 Å². The van der Waals surface area contributed by atoms with Crippen molar-refractivity contribution < 1.29 is 14.7 Å². The Morgan fingerprint density at radius 2 is 1.34 bits per heavy atom. The maximum absolute atomic E-state index is 12.9. The quantitative estimate of drug-likeness (QED) is 0.170. The largest absolute Gasteiger partial charge is 0.480 e. The molecule has 0 aliphatic carbocycles. The van der Waals surface area contributed by atoms with Gasteiger partial charge in [-0.2, -0.15) is 11.8 Å². The molecular formula is C33H43NO3S. The lowest BCUT2D eigenvalue weighted by molar-refractivity contribution is -0.141. The van der Waals surface area contributed by atoms with Crippen LogP contribution in [0.1, 0.15) is 76.8 Å². The van der Waals surface area contributed by atoms with Gasteiger partial charge in [-0.3, -0.25) is 4.79 Å². The minimum absolute atomic E-state index is 0.130. The second-order valence-electron chi connectivity index (χ2n) is 10.0. The number of carboxylic acids is 1.